The van der Waals surface area contributed by atoms with E-state index in [4.69, 9.17) is 10.5 Å². The van der Waals surface area contributed by atoms with Gasteiger partial charge in [0.25, 0.3) is 5.91 Å². The monoisotopic (exact) mass is 392 g/mol. The van der Waals surface area contributed by atoms with Crippen molar-refractivity contribution < 1.29 is 9.53 Å². The lowest BCUT2D eigenvalue weighted by atomic mass is 10.0. The van der Waals surface area contributed by atoms with Gasteiger partial charge in [-0.05, 0) is 43.5 Å². The number of rotatable bonds is 4. The number of amides is 1. The third-order valence-electron chi connectivity index (χ3n) is 5.47. The second-order valence-corrected chi connectivity index (χ2v) is 7.22. The topological polar surface area (TPSA) is 99.2 Å². The predicted octanol–water partition coefficient (Wildman–Crippen LogP) is 2.72. The number of pyridine rings is 1. The Labute approximate surface area is 169 Å². The highest BCUT2D eigenvalue weighted by Crippen LogP contribution is 2.31. The van der Waals surface area contributed by atoms with Crippen LogP contribution in [0.4, 0.5) is 5.82 Å². The number of methoxy groups -OCH3 is 1. The lowest BCUT2D eigenvalue weighted by molar-refractivity contribution is 0.0694. The highest BCUT2D eigenvalue weighted by molar-refractivity contribution is 5.95. The number of benzene rings is 1. The number of nitrogens with zero attached hydrogens (tertiary/aromatic N) is 5. The van der Waals surface area contributed by atoms with Crippen LogP contribution in [0.5, 0.6) is 5.75 Å². The van der Waals surface area contributed by atoms with Crippen LogP contribution in [0.2, 0.25) is 0 Å². The lowest BCUT2D eigenvalue weighted by Gasteiger charge is -2.32. The van der Waals surface area contributed by atoms with Crippen LogP contribution in [0.3, 0.4) is 0 Å². The van der Waals surface area contributed by atoms with E-state index < -0.39 is 0 Å². The summed E-state index contributed by atoms with van der Waals surface area (Å²) < 4.78 is 7.37. The number of anilines is 1. The number of hydrogen-bond acceptors (Lipinski definition) is 6. The smallest absolute Gasteiger partial charge is 0.253 e. The average Bonchev–Trinajstić information content (AvgIpc) is 3.29. The SMILES string of the molecule is COc1cc(-c2ccc(C(=O)N3CCC(n4cnnc4)CC3)cc2)c(N)nc1C. The van der Waals surface area contributed by atoms with E-state index >= 15 is 0 Å². The Bertz CT molecular complexity index is 993. The molecule has 0 bridgehead atoms. The van der Waals surface area contributed by atoms with E-state index in [-0.39, 0.29) is 5.91 Å². The molecule has 1 fully saturated rings. The van der Waals surface area contributed by atoms with Crippen LogP contribution in [0.15, 0.2) is 43.0 Å². The molecule has 3 heterocycles. The zero-order valence-corrected chi connectivity index (χ0v) is 16.6. The van der Waals surface area contributed by atoms with Crippen LogP contribution in [0, 0.1) is 6.92 Å². The van der Waals surface area contributed by atoms with E-state index in [2.05, 4.69) is 15.2 Å². The first-order chi connectivity index (χ1) is 14.1. The van der Waals surface area contributed by atoms with Crippen LogP contribution in [0.1, 0.15) is 34.9 Å². The molecule has 0 radical (unpaired) electrons. The maximum absolute atomic E-state index is 12.9. The van der Waals surface area contributed by atoms with Gasteiger partial charge >= 0.3 is 0 Å². The summed E-state index contributed by atoms with van der Waals surface area (Å²) in [5.41, 5.74) is 9.20. The first-order valence-corrected chi connectivity index (χ1v) is 9.61. The first kappa shape index (κ1) is 18.9. The van der Waals surface area contributed by atoms with Crippen LogP contribution in [0.25, 0.3) is 11.1 Å². The number of nitrogens with two attached hydrogens (primary N) is 1. The molecule has 0 aliphatic carbocycles. The van der Waals surface area contributed by atoms with Gasteiger partial charge in [0.15, 0.2) is 0 Å². The van der Waals surface area contributed by atoms with Gasteiger partial charge in [0.1, 0.15) is 24.2 Å². The summed E-state index contributed by atoms with van der Waals surface area (Å²) >= 11 is 0. The number of nitrogen functional groups attached to an aromatic ring is 1. The Morgan fingerprint density at radius 3 is 2.41 bits per heavy atom. The number of likely N-dealkylation sites (tertiary alicyclic amines) is 1. The molecular weight excluding hydrogens is 368 g/mol. The Morgan fingerprint density at radius 2 is 1.79 bits per heavy atom. The Morgan fingerprint density at radius 1 is 1.14 bits per heavy atom. The summed E-state index contributed by atoms with van der Waals surface area (Å²) in [7, 11) is 1.61. The number of piperidine rings is 1. The molecule has 2 aromatic heterocycles. The van der Waals surface area contributed by atoms with Crippen molar-refractivity contribution in [2.24, 2.45) is 0 Å². The van der Waals surface area contributed by atoms with Crippen molar-refractivity contribution in [2.75, 3.05) is 25.9 Å². The van der Waals surface area contributed by atoms with Crippen molar-refractivity contribution in [3.05, 3.63) is 54.2 Å². The molecule has 1 saturated heterocycles. The molecule has 1 aliphatic heterocycles. The van der Waals surface area contributed by atoms with Crippen LogP contribution >= 0.6 is 0 Å². The van der Waals surface area contributed by atoms with Crippen molar-refractivity contribution in [3.63, 3.8) is 0 Å². The molecule has 0 spiro atoms. The largest absolute Gasteiger partial charge is 0.495 e. The Kier molecular flexibility index (Phi) is 5.16. The van der Waals surface area contributed by atoms with E-state index in [1.54, 1.807) is 19.8 Å². The average molecular weight is 392 g/mol. The number of ether oxygens (including phenoxy) is 1. The quantitative estimate of drug-likeness (QED) is 0.733. The molecule has 150 valence electrons. The minimum atomic E-state index is 0.0475. The predicted molar refractivity (Wildman–Crippen MR) is 110 cm³/mol. The Balaban J connectivity index is 1.46. The molecule has 1 aliphatic rings. The van der Waals surface area contributed by atoms with Crippen molar-refractivity contribution in [1.82, 2.24) is 24.6 Å². The summed E-state index contributed by atoms with van der Waals surface area (Å²) in [4.78, 5) is 19.1. The van der Waals surface area contributed by atoms with E-state index in [1.165, 1.54) is 0 Å². The van der Waals surface area contributed by atoms with Crippen molar-refractivity contribution >= 4 is 11.7 Å². The van der Waals surface area contributed by atoms with E-state index in [0.717, 1.165) is 42.8 Å². The minimum absolute atomic E-state index is 0.0475. The molecule has 3 aromatic rings. The molecule has 29 heavy (non-hydrogen) atoms. The fourth-order valence-corrected chi connectivity index (χ4v) is 3.78. The van der Waals surface area contributed by atoms with E-state index in [9.17, 15) is 4.79 Å². The summed E-state index contributed by atoms with van der Waals surface area (Å²) in [5, 5.41) is 7.73. The van der Waals surface area contributed by atoms with Crippen LogP contribution < -0.4 is 10.5 Å². The second-order valence-electron chi connectivity index (χ2n) is 7.22. The zero-order valence-electron chi connectivity index (χ0n) is 16.6. The van der Waals surface area contributed by atoms with Gasteiger partial charge in [0.2, 0.25) is 0 Å². The number of aryl methyl sites for hydroxylation is 1. The maximum Gasteiger partial charge on any atom is 0.253 e. The Hall–Kier alpha value is -3.42. The van der Waals surface area contributed by atoms with E-state index in [0.29, 0.717) is 23.2 Å². The number of hydrogen-bond donors (Lipinski definition) is 1. The summed E-state index contributed by atoms with van der Waals surface area (Å²) in [6, 6.07) is 9.72. The number of carbonyl (C=O) groups is 1. The minimum Gasteiger partial charge on any atom is -0.495 e. The molecule has 2 N–H and O–H groups in total. The fraction of sp³-hybridized carbons (Fsp3) is 0.333. The normalized spacial score (nSPS) is 14.8. The van der Waals surface area contributed by atoms with Gasteiger partial charge in [-0.25, -0.2) is 4.98 Å². The maximum atomic E-state index is 12.9. The highest BCUT2D eigenvalue weighted by atomic mass is 16.5. The molecule has 8 heteroatoms. The molecule has 4 rings (SSSR count). The zero-order chi connectivity index (χ0) is 20.4. The third kappa shape index (κ3) is 3.78. The number of carbonyl (C=O) groups excluding carboxylic acids is 1. The van der Waals surface area contributed by atoms with Gasteiger partial charge in [-0.2, -0.15) is 0 Å². The molecule has 0 saturated carbocycles. The molecular formula is C21H24N6O2. The summed E-state index contributed by atoms with van der Waals surface area (Å²) in [5.74, 6) is 1.18. The highest BCUT2D eigenvalue weighted by Gasteiger charge is 2.24. The first-order valence-electron chi connectivity index (χ1n) is 9.61. The molecule has 0 atom stereocenters. The second kappa shape index (κ2) is 7.90. The van der Waals surface area contributed by atoms with Gasteiger partial charge in [0.05, 0.1) is 12.8 Å². The summed E-state index contributed by atoms with van der Waals surface area (Å²) in [6.45, 7) is 3.29. The molecule has 8 nitrogen and oxygen atoms in total. The van der Waals surface area contributed by atoms with Gasteiger partial charge in [0, 0.05) is 30.3 Å². The van der Waals surface area contributed by atoms with Gasteiger partial charge in [-0.1, -0.05) is 12.1 Å². The van der Waals surface area contributed by atoms with Crippen LogP contribution in [-0.4, -0.2) is 50.8 Å². The number of aromatic nitrogens is 4. The van der Waals surface area contributed by atoms with E-state index in [1.807, 2.05) is 46.7 Å². The molecule has 1 aromatic carbocycles. The van der Waals surface area contributed by atoms with Crippen molar-refractivity contribution in [1.29, 1.82) is 0 Å². The van der Waals surface area contributed by atoms with Gasteiger partial charge in [-0.15, -0.1) is 10.2 Å². The molecule has 0 unspecified atom stereocenters. The lowest BCUT2D eigenvalue weighted by Crippen LogP contribution is -2.38. The standard InChI is InChI=1S/C21H24N6O2/c1-14-19(29-2)11-18(20(22)25-14)15-3-5-16(6-4-15)21(28)26-9-7-17(8-10-26)27-12-23-24-13-27/h3-6,11-13,17H,7-10H2,1-2H3,(H2,22,25). The van der Waals surface area contributed by atoms with Crippen molar-refractivity contribution in [3.8, 4) is 16.9 Å². The molecule has 1 amide bonds. The summed E-state index contributed by atoms with van der Waals surface area (Å²) in [6.07, 6.45) is 5.27. The fourth-order valence-electron chi connectivity index (χ4n) is 3.78. The van der Waals surface area contributed by atoms with Crippen LogP contribution in [-0.2, 0) is 0 Å². The van der Waals surface area contributed by atoms with Crippen molar-refractivity contribution in [2.45, 2.75) is 25.8 Å². The van der Waals surface area contributed by atoms with Gasteiger partial charge < -0.3 is 19.9 Å². The third-order valence-corrected chi connectivity index (χ3v) is 5.47. The van der Waals surface area contributed by atoms with Gasteiger partial charge in [-0.3, -0.25) is 4.79 Å².